The van der Waals surface area contributed by atoms with Gasteiger partial charge < -0.3 is 5.73 Å². The molecule has 0 saturated carbocycles. The van der Waals surface area contributed by atoms with Crippen LogP contribution in [0.2, 0.25) is 0 Å². The first-order valence-corrected chi connectivity index (χ1v) is 8.50. The first-order valence-electron chi connectivity index (χ1n) is 7.11. The number of nitrogens with zero attached hydrogens (tertiary/aromatic N) is 2. The van der Waals surface area contributed by atoms with Crippen LogP contribution in [-0.2, 0) is 10.2 Å². The normalized spacial score (nSPS) is 16.5. The Kier molecular flexibility index (Phi) is 5.01. The van der Waals surface area contributed by atoms with Crippen LogP contribution in [0.1, 0.15) is 24.8 Å². The molecule has 0 spiro atoms. The molecule has 1 aliphatic rings. The molecule has 1 fully saturated rings. The van der Waals surface area contributed by atoms with Gasteiger partial charge in [0.2, 0.25) is 0 Å². The van der Waals surface area contributed by atoms with Gasteiger partial charge >= 0.3 is 10.2 Å². The third-order valence-electron chi connectivity index (χ3n) is 3.62. The largest absolute Gasteiger partial charge is 0.330 e. The minimum Gasteiger partial charge on any atom is -0.330 e. The van der Waals surface area contributed by atoms with Crippen LogP contribution in [0.25, 0.3) is 0 Å². The summed E-state index contributed by atoms with van der Waals surface area (Å²) in [5.74, 6) is 0. The molecule has 1 aromatic rings. The predicted molar refractivity (Wildman–Crippen MR) is 81.9 cm³/mol. The number of aryl methyl sites for hydroxylation is 1. The van der Waals surface area contributed by atoms with Crippen molar-refractivity contribution in [3.8, 4) is 0 Å². The average molecular weight is 297 g/mol. The van der Waals surface area contributed by atoms with Crippen LogP contribution in [0.3, 0.4) is 0 Å². The SMILES string of the molecule is Cc1ccccc1N(CCCN)S(=O)(=O)N1CCCC1. The first kappa shape index (κ1) is 15.3. The van der Waals surface area contributed by atoms with E-state index in [9.17, 15) is 8.42 Å². The summed E-state index contributed by atoms with van der Waals surface area (Å²) in [6.07, 6.45) is 2.54. The van der Waals surface area contributed by atoms with E-state index in [1.807, 2.05) is 31.2 Å². The van der Waals surface area contributed by atoms with Crippen molar-refractivity contribution in [3.05, 3.63) is 29.8 Å². The molecule has 0 aliphatic carbocycles. The van der Waals surface area contributed by atoms with E-state index in [0.717, 1.165) is 24.1 Å². The molecule has 1 aliphatic heterocycles. The molecule has 2 rings (SSSR count). The molecule has 20 heavy (non-hydrogen) atoms. The quantitative estimate of drug-likeness (QED) is 0.865. The third-order valence-corrected chi connectivity index (χ3v) is 5.57. The zero-order valence-electron chi connectivity index (χ0n) is 12.0. The highest BCUT2D eigenvalue weighted by Crippen LogP contribution is 2.26. The van der Waals surface area contributed by atoms with Crippen LogP contribution >= 0.6 is 0 Å². The Balaban J connectivity index is 2.34. The van der Waals surface area contributed by atoms with E-state index >= 15 is 0 Å². The number of hydrogen-bond donors (Lipinski definition) is 1. The maximum absolute atomic E-state index is 12.8. The van der Waals surface area contributed by atoms with Gasteiger partial charge in [-0.3, -0.25) is 4.31 Å². The molecule has 112 valence electrons. The molecule has 0 radical (unpaired) electrons. The molecule has 0 atom stereocenters. The molecular weight excluding hydrogens is 274 g/mol. The lowest BCUT2D eigenvalue weighted by Crippen LogP contribution is -2.43. The number of hydrogen-bond acceptors (Lipinski definition) is 3. The van der Waals surface area contributed by atoms with Crippen molar-refractivity contribution in [3.63, 3.8) is 0 Å². The van der Waals surface area contributed by atoms with Crippen LogP contribution in [0.5, 0.6) is 0 Å². The van der Waals surface area contributed by atoms with E-state index in [-0.39, 0.29) is 0 Å². The molecule has 2 N–H and O–H groups in total. The summed E-state index contributed by atoms with van der Waals surface area (Å²) in [6.45, 7) is 4.09. The maximum Gasteiger partial charge on any atom is 0.304 e. The average Bonchev–Trinajstić information content (AvgIpc) is 2.95. The maximum atomic E-state index is 12.8. The molecule has 1 heterocycles. The van der Waals surface area contributed by atoms with E-state index in [1.165, 1.54) is 4.31 Å². The number of rotatable bonds is 6. The van der Waals surface area contributed by atoms with Gasteiger partial charge in [0.05, 0.1) is 5.69 Å². The van der Waals surface area contributed by atoms with E-state index < -0.39 is 10.2 Å². The van der Waals surface area contributed by atoms with Gasteiger partial charge in [-0.25, -0.2) is 0 Å². The summed E-state index contributed by atoms with van der Waals surface area (Å²) < 4.78 is 28.7. The van der Waals surface area contributed by atoms with E-state index in [1.54, 1.807) is 4.31 Å². The molecule has 1 saturated heterocycles. The van der Waals surface area contributed by atoms with Crippen molar-refractivity contribution in [1.82, 2.24) is 4.31 Å². The lowest BCUT2D eigenvalue weighted by molar-refractivity contribution is 0.472. The number of anilines is 1. The molecular formula is C14H23N3O2S. The van der Waals surface area contributed by atoms with Crippen LogP contribution in [0, 0.1) is 6.92 Å². The summed E-state index contributed by atoms with van der Waals surface area (Å²) in [5.41, 5.74) is 7.28. The summed E-state index contributed by atoms with van der Waals surface area (Å²) >= 11 is 0. The summed E-state index contributed by atoms with van der Waals surface area (Å²) in [6, 6.07) is 7.59. The molecule has 0 aromatic heterocycles. The number of para-hydroxylation sites is 1. The van der Waals surface area contributed by atoms with Gasteiger partial charge in [0.1, 0.15) is 0 Å². The zero-order valence-corrected chi connectivity index (χ0v) is 12.8. The second kappa shape index (κ2) is 6.56. The highest BCUT2D eigenvalue weighted by molar-refractivity contribution is 7.90. The fraction of sp³-hybridized carbons (Fsp3) is 0.571. The Morgan fingerprint density at radius 2 is 1.90 bits per heavy atom. The van der Waals surface area contributed by atoms with Crippen LogP contribution in [0.4, 0.5) is 5.69 Å². The fourth-order valence-electron chi connectivity index (χ4n) is 2.50. The predicted octanol–water partition coefficient (Wildman–Crippen LogP) is 1.49. The molecule has 0 bridgehead atoms. The van der Waals surface area contributed by atoms with Gasteiger partial charge in [0.25, 0.3) is 0 Å². The Morgan fingerprint density at radius 3 is 2.50 bits per heavy atom. The van der Waals surface area contributed by atoms with E-state index in [2.05, 4.69) is 0 Å². The molecule has 5 nitrogen and oxygen atoms in total. The Morgan fingerprint density at radius 1 is 1.25 bits per heavy atom. The van der Waals surface area contributed by atoms with E-state index in [0.29, 0.717) is 32.6 Å². The highest BCUT2D eigenvalue weighted by Gasteiger charge is 2.32. The molecule has 0 amide bonds. The van der Waals surface area contributed by atoms with Crippen LogP contribution in [-0.4, -0.2) is 38.9 Å². The number of benzene rings is 1. The van der Waals surface area contributed by atoms with Crippen molar-refractivity contribution in [2.24, 2.45) is 5.73 Å². The molecule has 6 heteroatoms. The van der Waals surface area contributed by atoms with Crippen molar-refractivity contribution in [2.45, 2.75) is 26.2 Å². The van der Waals surface area contributed by atoms with Crippen molar-refractivity contribution >= 4 is 15.9 Å². The monoisotopic (exact) mass is 297 g/mol. The smallest absolute Gasteiger partial charge is 0.304 e. The minimum atomic E-state index is -3.44. The fourth-order valence-corrected chi connectivity index (χ4v) is 4.31. The minimum absolute atomic E-state index is 0.431. The van der Waals surface area contributed by atoms with Gasteiger partial charge in [0.15, 0.2) is 0 Å². The second-order valence-electron chi connectivity index (χ2n) is 5.11. The Labute approximate surface area is 121 Å². The van der Waals surface area contributed by atoms with Crippen LogP contribution in [0.15, 0.2) is 24.3 Å². The zero-order chi connectivity index (χ0) is 14.6. The summed E-state index contributed by atoms with van der Waals surface area (Å²) in [7, 11) is -3.44. The van der Waals surface area contributed by atoms with Gasteiger partial charge in [-0.1, -0.05) is 18.2 Å². The summed E-state index contributed by atoms with van der Waals surface area (Å²) in [4.78, 5) is 0. The van der Waals surface area contributed by atoms with Gasteiger partial charge in [0, 0.05) is 19.6 Å². The highest BCUT2D eigenvalue weighted by atomic mass is 32.2. The standard InChI is InChI=1S/C14H23N3O2S/c1-13-7-2-3-8-14(13)17(12-6-9-15)20(18,19)16-10-4-5-11-16/h2-3,7-8H,4-6,9-12,15H2,1H3. The van der Waals surface area contributed by atoms with Gasteiger partial charge in [-0.2, -0.15) is 12.7 Å². The second-order valence-corrected chi connectivity index (χ2v) is 6.97. The van der Waals surface area contributed by atoms with Crippen molar-refractivity contribution in [2.75, 3.05) is 30.5 Å². The lowest BCUT2D eigenvalue weighted by atomic mass is 10.2. The topological polar surface area (TPSA) is 66.6 Å². The summed E-state index contributed by atoms with van der Waals surface area (Å²) in [5, 5.41) is 0. The van der Waals surface area contributed by atoms with Crippen LogP contribution < -0.4 is 10.0 Å². The lowest BCUT2D eigenvalue weighted by Gasteiger charge is -2.30. The van der Waals surface area contributed by atoms with Crippen molar-refractivity contribution in [1.29, 1.82) is 0 Å². The van der Waals surface area contributed by atoms with E-state index in [4.69, 9.17) is 5.73 Å². The Bertz CT molecular complexity index is 539. The molecule has 1 aromatic carbocycles. The Hall–Kier alpha value is -1.11. The number of nitrogens with two attached hydrogens (primary N) is 1. The van der Waals surface area contributed by atoms with Gasteiger partial charge in [-0.05, 0) is 44.4 Å². The van der Waals surface area contributed by atoms with Gasteiger partial charge in [-0.15, -0.1) is 0 Å². The first-order chi connectivity index (χ1) is 9.57. The third kappa shape index (κ3) is 3.13. The van der Waals surface area contributed by atoms with Crippen molar-refractivity contribution < 1.29 is 8.42 Å². The molecule has 0 unspecified atom stereocenters.